The monoisotopic (exact) mass is 372 g/mol. The number of likely N-dealkylation sites (N-methyl/N-ethyl adjacent to an activating group) is 1. The molecule has 0 radical (unpaired) electrons. The van der Waals surface area contributed by atoms with Crippen LogP contribution in [0.1, 0.15) is 37.4 Å². The third-order valence-electron chi connectivity index (χ3n) is 4.28. The van der Waals surface area contributed by atoms with Crippen LogP contribution in [0.3, 0.4) is 0 Å². The van der Waals surface area contributed by atoms with Gasteiger partial charge in [-0.25, -0.2) is 9.78 Å². The predicted octanol–water partition coefficient (Wildman–Crippen LogP) is 2.60. The SMILES string of the molecule is CCN(CCc1nc2ccc(OC)cc2[nH]1)C(=O)N[C@@H](C)c1nc(C)no1. The first-order chi connectivity index (χ1) is 13.0. The maximum Gasteiger partial charge on any atom is 0.318 e. The third-order valence-corrected chi connectivity index (χ3v) is 4.28. The Bertz CT molecular complexity index is 919. The highest BCUT2D eigenvalue weighted by molar-refractivity contribution is 5.77. The Kier molecular flexibility index (Phi) is 5.58. The van der Waals surface area contributed by atoms with E-state index in [1.807, 2.05) is 32.0 Å². The van der Waals surface area contributed by atoms with Crippen LogP contribution in [0.4, 0.5) is 4.79 Å². The second-order valence-corrected chi connectivity index (χ2v) is 6.25. The highest BCUT2D eigenvalue weighted by Gasteiger charge is 2.19. The van der Waals surface area contributed by atoms with Crippen LogP contribution in [0, 0.1) is 6.92 Å². The molecule has 2 amide bonds. The first-order valence-corrected chi connectivity index (χ1v) is 8.88. The molecule has 144 valence electrons. The number of aryl methyl sites for hydroxylation is 1. The van der Waals surface area contributed by atoms with Gasteiger partial charge in [0.2, 0.25) is 5.89 Å². The number of hydrogen-bond acceptors (Lipinski definition) is 6. The number of urea groups is 1. The molecule has 0 spiro atoms. The van der Waals surface area contributed by atoms with Crippen LogP contribution in [-0.2, 0) is 6.42 Å². The molecular weight excluding hydrogens is 348 g/mol. The van der Waals surface area contributed by atoms with Gasteiger partial charge in [0.05, 0.1) is 18.1 Å². The van der Waals surface area contributed by atoms with Crippen LogP contribution in [-0.4, -0.2) is 51.2 Å². The standard InChI is InChI=1S/C18H24N6O3/c1-5-24(18(25)19-11(2)17-20-12(3)23-27-17)9-8-16-21-14-7-6-13(26-4)10-15(14)22-16/h6-7,10-11H,5,8-9H2,1-4H3,(H,19,25)(H,21,22)/t11-/m0/s1. The number of methoxy groups -OCH3 is 1. The Morgan fingerprint density at radius 1 is 1.41 bits per heavy atom. The number of imidazole rings is 1. The van der Waals surface area contributed by atoms with Crippen LogP contribution in [0.5, 0.6) is 5.75 Å². The maximum absolute atomic E-state index is 12.5. The molecule has 1 aromatic carbocycles. The third kappa shape index (κ3) is 4.36. The summed E-state index contributed by atoms with van der Waals surface area (Å²) in [5.74, 6) is 2.53. The summed E-state index contributed by atoms with van der Waals surface area (Å²) in [7, 11) is 1.63. The van der Waals surface area contributed by atoms with Crippen LogP contribution < -0.4 is 10.1 Å². The van der Waals surface area contributed by atoms with E-state index >= 15 is 0 Å². The van der Waals surface area contributed by atoms with Crippen LogP contribution in [0.2, 0.25) is 0 Å². The number of nitrogens with zero attached hydrogens (tertiary/aromatic N) is 4. The fourth-order valence-electron chi connectivity index (χ4n) is 2.76. The molecule has 0 fully saturated rings. The molecule has 0 aliphatic rings. The second-order valence-electron chi connectivity index (χ2n) is 6.25. The molecule has 9 nitrogen and oxygen atoms in total. The lowest BCUT2D eigenvalue weighted by Crippen LogP contribution is -2.42. The summed E-state index contributed by atoms with van der Waals surface area (Å²) >= 11 is 0. The quantitative estimate of drug-likeness (QED) is 0.660. The number of carbonyl (C=O) groups excluding carboxylic acids is 1. The van der Waals surface area contributed by atoms with Gasteiger partial charge in [0, 0.05) is 25.6 Å². The van der Waals surface area contributed by atoms with E-state index in [9.17, 15) is 4.79 Å². The first-order valence-electron chi connectivity index (χ1n) is 8.88. The minimum absolute atomic E-state index is 0.182. The number of benzene rings is 1. The lowest BCUT2D eigenvalue weighted by Gasteiger charge is -2.22. The number of ether oxygens (including phenoxy) is 1. The number of aromatic nitrogens is 4. The molecule has 0 unspecified atom stereocenters. The van der Waals surface area contributed by atoms with Crippen LogP contribution >= 0.6 is 0 Å². The molecule has 0 bridgehead atoms. The van der Waals surface area contributed by atoms with Gasteiger partial charge in [-0.2, -0.15) is 4.98 Å². The molecule has 2 aromatic heterocycles. The lowest BCUT2D eigenvalue weighted by molar-refractivity contribution is 0.194. The summed E-state index contributed by atoms with van der Waals surface area (Å²) in [6.07, 6.45) is 0.617. The van der Waals surface area contributed by atoms with Crippen LogP contribution in [0.15, 0.2) is 22.7 Å². The first kappa shape index (κ1) is 18.7. The molecule has 2 heterocycles. The molecule has 2 N–H and O–H groups in total. The summed E-state index contributed by atoms with van der Waals surface area (Å²) in [4.78, 5) is 26.2. The van der Waals surface area contributed by atoms with Gasteiger partial charge >= 0.3 is 6.03 Å². The molecule has 3 aromatic rings. The van der Waals surface area contributed by atoms with Gasteiger partial charge in [-0.3, -0.25) is 0 Å². The zero-order chi connectivity index (χ0) is 19.4. The normalized spacial score (nSPS) is 12.1. The molecule has 0 saturated carbocycles. The highest BCUT2D eigenvalue weighted by atomic mass is 16.5. The number of nitrogens with one attached hydrogen (secondary N) is 2. The number of amides is 2. The summed E-state index contributed by atoms with van der Waals surface area (Å²) in [6.45, 7) is 6.60. The second kappa shape index (κ2) is 8.07. The average molecular weight is 372 g/mol. The summed E-state index contributed by atoms with van der Waals surface area (Å²) in [5, 5.41) is 6.63. The van der Waals surface area contributed by atoms with Crippen molar-refractivity contribution in [1.29, 1.82) is 0 Å². The van der Waals surface area contributed by atoms with E-state index < -0.39 is 0 Å². The van der Waals surface area contributed by atoms with E-state index in [2.05, 4.69) is 25.4 Å². The van der Waals surface area contributed by atoms with Crippen molar-refractivity contribution in [3.05, 3.63) is 35.7 Å². The molecule has 27 heavy (non-hydrogen) atoms. The largest absolute Gasteiger partial charge is 0.497 e. The van der Waals surface area contributed by atoms with Gasteiger partial charge in [-0.1, -0.05) is 5.16 Å². The van der Waals surface area contributed by atoms with E-state index in [-0.39, 0.29) is 12.1 Å². The summed E-state index contributed by atoms with van der Waals surface area (Å²) in [6, 6.07) is 5.15. The topological polar surface area (TPSA) is 109 Å². The lowest BCUT2D eigenvalue weighted by atomic mass is 10.3. The Balaban J connectivity index is 1.60. The fourth-order valence-corrected chi connectivity index (χ4v) is 2.76. The number of rotatable bonds is 7. The average Bonchev–Trinajstić information content (AvgIpc) is 3.27. The molecular formula is C18H24N6O3. The minimum atomic E-state index is -0.355. The van der Waals surface area contributed by atoms with E-state index in [1.54, 1.807) is 18.9 Å². The predicted molar refractivity (Wildman–Crippen MR) is 99.6 cm³/mol. The van der Waals surface area contributed by atoms with Crippen molar-refractivity contribution in [1.82, 2.24) is 30.3 Å². The molecule has 0 aliphatic carbocycles. The molecule has 0 aliphatic heterocycles. The Labute approximate surface area is 157 Å². The minimum Gasteiger partial charge on any atom is -0.497 e. The number of carbonyl (C=O) groups is 1. The van der Waals surface area contributed by atoms with Gasteiger partial charge < -0.3 is 24.5 Å². The molecule has 0 saturated heterocycles. The maximum atomic E-state index is 12.5. The van der Waals surface area contributed by atoms with Gasteiger partial charge in [0.1, 0.15) is 17.6 Å². The van der Waals surface area contributed by atoms with Gasteiger partial charge in [-0.15, -0.1) is 0 Å². The summed E-state index contributed by atoms with van der Waals surface area (Å²) < 4.78 is 10.3. The van der Waals surface area contributed by atoms with Crippen molar-refractivity contribution in [3.8, 4) is 5.75 Å². The molecule has 3 rings (SSSR count). The molecule has 1 atom stereocenters. The van der Waals surface area contributed by atoms with E-state index in [0.717, 1.165) is 22.6 Å². The van der Waals surface area contributed by atoms with Crippen molar-refractivity contribution >= 4 is 17.1 Å². The fraction of sp³-hybridized carbons (Fsp3) is 0.444. The van der Waals surface area contributed by atoms with Crippen molar-refractivity contribution in [3.63, 3.8) is 0 Å². The van der Waals surface area contributed by atoms with Gasteiger partial charge in [0.15, 0.2) is 5.82 Å². The smallest absolute Gasteiger partial charge is 0.318 e. The van der Waals surface area contributed by atoms with E-state index in [0.29, 0.717) is 31.2 Å². The van der Waals surface area contributed by atoms with Crippen molar-refractivity contribution < 1.29 is 14.1 Å². The highest BCUT2D eigenvalue weighted by Crippen LogP contribution is 2.19. The number of hydrogen-bond donors (Lipinski definition) is 2. The van der Waals surface area contributed by atoms with Gasteiger partial charge in [0.25, 0.3) is 0 Å². The number of fused-ring (bicyclic) bond motifs is 1. The zero-order valence-corrected chi connectivity index (χ0v) is 15.9. The number of aromatic amines is 1. The van der Waals surface area contributed by atoms with Crippen molar-refractivity contribution in [2.75, 3.05) is 20.2 Å². The van der Waals surface area contributed by atoms with Gasteiger partial charge in [-0.05, 0) is 32.9 Å². The van der Waals surface area contributed by atoms with Crippen molar-refractivity contribution in [2.45, 2.75) is 33.2 Å². The van der Waals surface area contributed by atoms with Crippen LogP contribution in [0.25, 0.3) is 11.0 Å². The van der Waals surface area contributed by atoms with Crippen molar-refractivity contribution in [2.24, 2.45) is 0 Å². The van der Waals surface area contributed by atoms with E-state index in [4.69, 9.17) is 9.26 Å². The number of H-pyrrole nitrogens is 1. The summed E-state index contributed by atoms with van der Waals surface area (Å²) in [5.41, 5.74) is 1.79. The zero-order valence-electron chi connectivity index (χ0n) is 15.9. The molecule has 9 heteroatoms. The Hall–Kier alpha value is -3.10. The Morgan fingerprint density at radius 3 is 2.89 bits per heavy atom. The Morgan fingerprint density at radius 2 is 2.22 bits per heavy atom. The van der Waals surface area contributed by atoms with E-state index in [1.165, 1.54) is 0 Å².